The molecule has 0 radical (unpaired) electrons. The number of hydrogen-bond donors (Lipinski definition) is 0. The molecule has 0 aromatic heterocycles. The largest absolute Gasteiger partial charge is 0.286 e. The summed E-state index contributed by atoms with van der Waals surface area (Å²) in [6, 6.07) is 4.32. The van der Waals surface area contributed by atoms with Gasteiger partial charge in [0.05, 0.1) is 4.92 Å². The van der Waals surface area contributed by atoms with Crippen LogP contribution in [0.5, 0.6) is 0 Å². The van der Waals surface area contributed by atoms with Crippen LogP contribution in [0.4, 0.5) is 5.69 Å². The molecule has 0 atom stereocenters. The first-order chi connectivity index (χ1) is 6.19. The molecule has 62 valence electrons. The van der Waals surface area contributed by atoms with Crippen molar-refractivity contribution in [1.29, 1.82) is 0 Å². The van der Waals surface area contributed by atoms with Crippen molar-refractivity contribution in [1.82, 2.24) is 0 Å². The summed E-state index contributed by atoms with van der Waals surface area (Å²) in [4.78, 5) is 9.94. The summed E-state index contributed by atoms with van der Waals surface area (Å²) in [7, 11) is 0. The molecule has 0 saturated heterocycles. The van der Waals surface area contributed by atoms with Crippen LogP contribution in [0.2, 0.25) is 0 Å². The van der Waals surface area contributed by atoms with Crippen molar-refractivity contribution in [3.63, 3.8) is 0 Å². The summed E-state index contributed by atoms with van der Waals surface area (Å²) < 4.78 is 0. The van der Waals surface area contributed by atoms with Crippen LogP contribution in [0.15, 0.2) is 18.2 Å². The fourth-order valence-electron chi connectivity index (χ4n) is 0.895. The Kier molecular flexibility index (Phi) is 2.33. The normalized spacial score (nSPS) is 8.46. The lowest BCUT2D eigenvalue weighted by molar-refractivity contribution is -0.385. The molecule has 0 saturated carbocycles. The number of hydrogen-bond acceptors (Lipinski definition) is 2. The van der Waals surface area contributed by atoms with Gasteiger partial charge in [0.1, 0.15) is 5.56 Å². The standard InChI is InChI=1S/C10H5NO2/c1-3-8-5-6-9(4-2)10(7-8)11(12)13/h1-2,5-7H. The van der Waals surface area contributed by atoms with E-state index in [1.165, 1.54) is 12.1 Å². The smallest absolute Gasteiger partial charge is 0.258 e. The molecule has 0 spiro atoms. The summed E-state index contributed by atoms with van der Waals surface area (Å²) in [6.07, 6.45) is 10.2. The lowest BCUT2D eigenvalue weighted by Gasteiger charge is -1.95. The van der Waals surface area contributed by atoms with Gasteiger partial charge < -0.3 is 0 Å². The van der Waals surface area contributed by atoms with Crippen molar-refractivity contribution < 1.29 is 4.92 Å². The van der Waals surface area contributed by atoms with E-state index < -0.39 is 4.92 Å². The van der Waals surface area contributed by atoms with Crippen LogP contribution in [-0.2, 0) is 0 Å². The Bertz CT molecular complexity index is 435. The molecule has 0 fully saturated rings. The summed E-state index contributed by atoms with van der Waals surface area (Å²) >= 11 is 0. The molecule has 0 unspecified atom stereocenters. The molecule has 3 nitrogen and oxygen atoms in total. The van der Waals surface area contributed by atoms with E-state index in [9.17, 15) is 10.1 Å². The van der Waals surface area contributed by atoms with Gasteiger partial charge in [0, 0.05) is 11.6 Å². The predicted octanol–water partition coefficient (Wildman–Crippen LogP) is 1.56. The lowest BCUT2D eigenvalue weighted by Crippen LogP contribution is -1.92. The van der Waals surface area contributed by atoms with Gasteiger partial charge in [0.15, 0.2) is 0 Å². The van der Waals surface area contributed by atoms with Gasteiger partial charge in [0.25, 0.3) is 5.69 Å². The molecular formula is C10H5NO2. The number of terminal acetylenes is 2. The molecule has 1 aromatic carbocycles. The van der Waals surface area contributed by atoms with E-state index in [0.29, 0.717) is 5.56 Å². The Morgan fingerprint density at radius 3 is 2.46 bits per heavy atom. The molecule has 0 heterocycles. The van der Waals surface area contributed by atoms with E-state index in [1.807, 2.05) is 0 Å². The van der Waals surface area contributed by atoms with Crippen LogP contribution in [0.3, 0.4) is 0 Å². The van der Waals surface area contributed by atoms with Crippen molar-refractivity contribution in [2.45, 2.75) is 0 Å². The number of nitrogens with zero attached hydrogens (tertiary/aromatic N) is 1. The van der Waals surface area contributed by atoms with E-state index in [4.69, 9.17) is 12.8 Å². The van der Waals surface area contributed by atoms with Crippen molar-refractivity contribution in [2.24, 2.45) is 0 Å². The molecule has 1 rings (SSSR count). The van der Waals surface area contributed by atoms with Gasteiger partial charge in [-0.2, -0.15) is 0 Å². The third kappa shape index (κ3) is 1.66. The van der Waals surface area contributed by atoms with E-state index >= 15 is 0 Å². The van der Waals surface area contributed by atoms with Gasteiger partial charge in [-0.25, -0.2) is 0 Å². The van der Waals surface area contributed by atoms with Crippen LogP contribution in [0.25, 0.3) is 0 Å². The Labute approximate surface area is 75.5 Å². The zero-order valence-corrected chi connectivity index (χ0v) is 6.65. The average Bonchev–Trinajstić information content (AvgIpc) is 2.16. The fourth-order valence-corrected chi connectivity index (χ4v) is 0.895. The first-order valence-corrected chi connectivity index (χ1v) is 3.40. The molecule has 0 amide bonds. The number of rotatable bonds is 1. The van der Waals surface area contributed by atoms with Crippen LogP contribution in [-0.4, -0.2) is 4.92 Å². The maximum Gasteiger partial charge on any atom is 0.286 e. The Hall–Kier alpha value is -2.26. The van der Waals surface area contributed by atoms with Crippen LogP contribution in [0.1, 0.15) is 11.1 Å². The monoisotopic (exact) mass is 171 g/mol. The van der Waals surface area contributed by atoms with Gasteiger partial charge in [-0.05, 0) is 12.1 Å². The number of nitro benzene ring substituents is 1. The molecular weight excluding hydrogens is 166 g/mol. The zero-order valence-electron chi connectivity index (χ0n) is 6.65. The zero-order chi connectivity index (χ0) is 9.84. The highest BCUT2D eigenvalue weighted by atomic mass is 16.6. The van der Waals surface area contributed by atoms with E-state index in [-0.39, 0.29) is 11.3 Å². The first kappa shape index (κ1) is 8.83. The molecule has 0 N–H and O–H groups in total. The summed E-state index contributed by atoms with van der Waals surface area (Å²) in [6.45, 7) is 0. The van der Waals surface area contributed by atoms with E-state index in [1.54, 1.807) is 6.07 Å². The summed E-state index contributed by atoms with van der Waals surface area (Å²) in [5, 5.41) is 10.5. The summed E-state index contributed by atoms with van der Waals surface area (Å²) in [5.41, 5.74) is 0.563. The lowest BCUT2D eigenvalue weighted by atomic mass is 10.1. The maximum atomic E-state index is 10.5. The van der Waals surface area contributed by atoms with Gasteiger partial charge >= 0.3 is 0 Å². The van der Waals surface area contributed by atoms with E-state index in [2.05, 4.69) is 11.8 Å². The topological polar surface area (TPSA) is 43.1 Å². The summed E-state index contributed by atoms with van der Waals surface area (Å²) in [5.74, 6) is 4.52. The second kappa shape index (κ2) is 3.42. The van der Waals surface area contributed by atoms with Crippen molar-refractivity contribution >= 4 is 5.69 Å². The fraction of sp³-hybridized carbons (Fsp3) is 0. The van der Waals surface area contributed by atoms with Crippen LogP contribution in [0, 0.1) is 34.8 Å². The SMILES string of the molecule is C#Cc1ccc(C#C)c([N+](=O)[O-])c1. The molecule has 3 heteroatoms. The minimum atomic E-state index is -0.546. The predicted molar refractivity (Wildman–Crippen MR) is 49.0 cm³/mol. The van der Waals surface area contributed by atoms with Gasteiger partial charge in [-0.3, -0.25) is 10.1 Å². The quantitative estimate of drug-likeness (QED) is 0.365. The van der Waals surface area contributed by atoms with Crippen molar-refractivity contribution in [2.75, 3.05) is 0 Å². The Morgan fingerprint density at radius 2 is 2.00 bits per heavy atom. The number of benzene rings is 1. The van der Waals surface area contributed by atoms with Gasteiger partial charge in [0.2, 0.25) is 0 Å². The van der Waals surface area contributed by atoms with Crippen molar-refractivity contribution in [3.8, 4) is 24.7 Å². The Morgan fingerprint density at radius 1 is 1.31 bits per heavy atom. The average molecular weight is 171 g/mol. The molecule has 0 aliphatic rings. The molecule has 0 aliphatic carbocycles. The minimum Gasteiger partial charge on any atom is -0.258 e. The maximum absolute atomic E-state index is 10.5. The molecule has 1 aromatic rings. The van der Waals surface area contributed by atoms with Crippen molar-refractivity contribution in [3.05, 3.63) is 39.4 Å². The van der Waals surface area contributed by atoms with Gasteiger partial charge in [-0.15, -0.1) is 12.8 Å². The third-order valence-corrected chi connectivity index (χ3v) is 1.52. The molecule has 0 bridgehead atoms. The third-order valence-electron chi connectivity index (χ3n) is 1.52. The second-order valence-corrected chi connectivity index (χ2v) is 2.28. The molecule has 13 heavy (non-hydrogen) atoms. The van der Waals surface area contributed by atoms with E-state index in [0.717, 1.165) is 0 Å². The highest BCUT2D eigenvalue weighted by Gasteiger charge is 2.11. The molecule has 0 aliphatic heterocycles. The van der Waals surface area contributed by atoms with Crippen LogP contribution < -0.4 is 0 Å². The first-order valence-electron chi connectivity index (χ1n) is 3.40. The van der Waals surface area contributed by atoms with Crippen LogP contribution >= 0.6 is 0 Å². The Balaban J connectivity index is 3.39. The minimum absolute atomic E-state index is 0.127. The second-order valence-electron chi connectivity index (χ2n) is 2.28. The number of nitro groups is 1. The highest BCUT2D eigenvalue weighted by Crippen LogP contribution is 2.18. The highest BCUT2D eigenvalue weighted by molar-refractivity contribution is 5.54. The van der Waals surface area contributed by atoms with Gasteiger partial charge in [-0.1, -0.05) is 11.8 Å².